The second-order valence-electron chi connectivity index (χ2n) is 2.55. The third kappa shape index (κ3) is 0.863. The third-order valence-electron chi connectivity index (χ3n) is 1.85. The molecule has 0 saturated carbocycles. The molecule has 3 heteroatoms. The van der Waals surface area contributed by atoms with Crippen molar-refractivity contribution >= 4 is 5.78 Å². The Morgan fingerprint density at radius 3 is 3.08 bits per heavy atom. The Morgan fingerprint density at radius 2 is 2.33 bits per heavy atom. The molecule has 0 saturated heterocycles. The number of Topliss-reactive ketones (excluding diaryl/α,β-unsaturated/α-hetero) is 1. The molecule has 0 aromatic heterocycles. The van der Waals surface area contributed by atoms with Crippen LogP contribution in [0.15, 0.2) is 18.2 Å². The number of fused-ring (bicyclic) bond motifs is 1. The van der Waals surface area contributed by atoms with Crippen LogP contribution in [-0.2, 0) is 0 Å². The van der Waals surface area contributed by atoms with E-state index < -0.39 is 0 Å². The second kappa shape index (κ2) is 2.52. The summed E-state index contributed by atoms with van der Waals surface area (Å²) in [6.45, 7) is 0.135. The first-order chi connectivity index (χ1) is 5.83. The van der Waals surface area contributed by atoms with Gasteiger partial charge in [-0.25, -0.2) is 0 Å². The van der Waals surface area contributed by atoms with Gasteiger partial charge in [0.1, 0.15) is 17.1 Å². The lowest BCUT2D eigenvalue weighted by Crippen LogP contribution is -2.00. The number of methoxy groups -OCH3 is 1. The van der Waals surface area contributed by atoms with Crippen LogP contribution in [0.3, 0.4) is 0 Å². The Bertz CT molecular complexity index is 331. The van der Waals surface area contributed by atoms with Crippen LogP contribution in [0.25, 0.3) is 0 Å². The van der Waals surface area contributed by atoms with Gasteiger partial charge in [0, 0.05) is 0 Å². The predicted octanol–water partition coefficient (Wildman–Crippen LogP) is 1.27. The standard InChI is InChI=1S/C9H8O3/c1-11-7-3-2-4-8-9(7)6(10)5-12-8/h2-4H,5H2,1H3. The number of hydrogen-bond acceptors (Lipinski definition) is 3. The molecule has 12 heavy (non-hydrogen) atoms. The molecule has 1 heterocycles. The molecule has 2 rings (SSSR count). The van der Waals surface area contributed by atoms with Gasteiger partial charge >= 0.3 is 0 Å². The topological polar surface area (TPSA) is 35.5 Å². The van der Waals surface area contributed by atoms with E-state index in [0.29, 0.717) is 17.1 Å². The third-order valence-corrected chi connectivity index (χ3v) is 1.85. The van der Waals surface area contributed by atoms with Crippen molar-refractivity contribution in [3.05, 3.63) is 23.8 Å². The van der Waals surface area contributed by atoms with Crippen LogP contribution in [0.4, 0.5) is 0 Å². The molecule has 0 radical (unpaired) electrons. The summed E-state index contributed by atoms with van der Waals surface area (Å²) in [4.78, 5) is 11.2. The van der Waals surface area contributed by atoms with Crippen LogP contribution in [0, 0.1) is 0 Å². The summed E-state index contributed by atoms with van der Waals surface area (Å²) < 4.78 is 10.2. The number of ether oxygens (including phenoxy) is 2. The van der Waals surface area contributed by atoms with Crippen molar-refractivity contribution in [3.8, 4) is 11.5 Å². The fraction of sp³-hybridized carbons (Fsp3) is 0.222. The smallest absolute Gasteiger partial charge is 0.207 e. The molecule has 3 nitrogen and oxygen atoms in total. The van der Waals surface area contributed by atoms with Gasteiger partial charge in [-0.05, 0) is 12.1 Å². The fourth-order valence-electron chi connectivity index (χ4n) is 1.29. The van der Waals surface area contributed by atoms with Crippen molar-refractivity contribution in [3.63, 3.8) is 0 Å². The minimum absolute atomic E-state index is 0.0116. The van der Waals surface area contributed by atoms with Gasteiger partial charge in [0.25, 0.3) is 0 Å². The lowest BCUT2D eigenvalue weighted by Gasteiger charge is -2.02. The average Bonchev–Trinajstić information content (AvgIpc) is 2.48. The Balaban J connectivity index is 2.60. The maximum atomic E-state index is 11.2. The van der Waals surface area contributed by atoms with Gasteiger partial charge in [0.15, 0.2) is 6.61 Å². The van der Waals surface area contributed by atoms with Gasteiger partial charge < -0.3 is 9.47 Å². The highest BCUT2D eigenvalue weighted by Gasteiger charge is 2.24. The number of hydrogen-bond donors (Lipinski definition) is 0. The zero-order valence-corrected chi connectivity index (χ0v) is 6.66. The number of rotatable bonds is 1. The minimum Gasteiger partial charge on any atom is -0.496 e. The highest BCUT2D eigenvalue weighted by Crippen LogP contribution is 2.32. The SMILES string of the molecule is COc1cccc2c1C(=O)CO2. The van der Waals surface area contributed by atoms with E-state index in [-0.39, 0.29) is 12.4 Å². The lowest BCUT2D eigenvalue weighted by molar-refractivity contribution is 0.0959. The number of carbonyl (C=O) groups is 1. The lowest BCUT2D eigenvalue weighted by atomic mass is 10.1. The second-order valence-corrected chi connectivity index (χ2v) is 2.55. The van der Waals surface area contributed by atoms with Gasteiger partial charge in [0.2, 0.25) is 5.78 Å². The summed E-state index contributed by atoms with van der Waals surface area (Å²) in [5.74, 6) is 1.21. The Labute approximate surface area is 69.9 Å². The summed E-state index contributed by atoms with van der Waals surface area (Å²) >= 11 is 0. The molecule has 0 aliphatic carbocycles. The normalized spacial score (nSPS) is 13.9. The van der Waals surface area contributed by atoms with Crippen LogP contribution in [-0.4, -0.2) is 19.5 Å². The van der Waals surface area contributed by atoms with E-state index in [4.69, 9.17) is 9.47 Å². The molecule has 0 N–H and O–H groups in total. The van der Waals surface area contributed by atoms with Crippen molar-refractivity contribution in [1.29, 1.82) is 0 Å². The Kier molecular flexibility index (Phi) is 1.50. The number of benzene rings is 1. The van der Waals surface area contributed by atoms with Gasteiger partial charge in [-0.2, -0.15) is 0 Å². The molecular formula is C9H8O3. The molecule has 0 spiro atoms. The molecule has 1 aliphatic rings. The average molecular weight is 164 g/mol. The first-order valence-corrected chi connectivity index (χ1v) is 3.66. The fourth-order valence-corrected chi connectivity index (χ4v) is 1.29. The summed E-state index contributed by atoms with van der Waals surface area (Å²) in [6.07, 6.45) is 0. The Hall–Kier alpha value is -1.51. The summed E-state index contributed by atoms with van der Waals surface area (Å²) in [7, 11) is 1.54. The Morgan fingerprint density at radius 1 is 1.50 bits per heavy atom. The molecule has 1 aliphatic heterocycles. The number of ketones is 1. The monoisotopic (exact) mass is 164 g/mol. The number of carbonyl (C=O) groups excluding carboxylic acids is 1. The largest absolute Gasteiger partial charge is 0.496 e. The van der Waals surface area contributed by atoms with Crippen molar-refractivity contribution in [2.24, 2.45) is 0 Å². The molecular weight excluding hydrogens is 156 g/mol. The molecule has 0 unspecified atom stereocenters. The van der Waals surface area contributed by atoms with Crippen molar-refractivity contribution in [2.45, 2.75) is 0 Å². The molecule has 0 atom stereocenters. The predicted molar refractivity (Wildman–Crippen MR) is 42.8 cm³/mol. The van der Waals surface area contributed by atoms with Gasteiger partial charge in [-0.1, -0.05) is 6.07 Å². The molecule has 0 amide bonds. The van der Waals surface area contributed by atoms with Crippen molar-refractivity contribution in [1.82, 2.24) is 0 Å². The molecule has 62 valence electrons. The molecule has 0 bridgehead atoms. The minimum atomic E-state index is -0.0116. The highest BCUT2D eigenvalue weighted by atomic mass is 16.5. The molecule has 1 aromatic carbocycles. The van der Waals surface area contributed by atoms with Crippen molar-refractivity contribution in [2.75, 3.05) is 13.7 Å². The van der Waals surface area contributed by atoms with Gasteiger partial charge in [0.05, 0.1) is 7.11 Å². The van der Waals surface area contributed by atoms with Gasteiger partial charge in [-0.15, -0.1) is 0 Å². The van der Waals surface area contributed by atoms with Gasteiger partial charge in [-0.3, -0.25) is 4.79 Å². The first kappa shape index (κ1) is 7.16. The van der Waals surface area contributed by atoms with E-state index >= 15 is 0 Å². The van der Waals surface area contributed by atoms with E-state index in [1.807, 2.05) is 0 Å². The first-order valence-electron chi connectivity index (χ1n) is 3.66. The van der Waals surface area contributed by atoms with Crippen LogP contribution in [0.5, 0.6) is 11.5 Å². The summed E-state index contributed by atoms with van der Waals surface area (Å²) in [5.41, 5.74) is 0.569. The van der Waals surface area contributed by atoms with Crippen molar-refractivity contribution < 1.29 is 14.3 Å². The quantitative estimate of drug-likeness (QED) is 0.627. The van der Waals surface area contributed by atoms with E-state index in [0.717, 1.165) is 0 Å². The van der Waals surface area contributed by atoms with E-state index in [1.54, 1.807) is 25.3 Å². The summed E-state index contributed by atoms with van der Waals surface area (Å²) in [5, 5.41) is 0. The van der Waals surface area contributed by atoms with Crippen LogP contribution in [0.2, 0.25) is 0 Å². The highest BCUT2D eigenvalue weighted by molar-refractivity contribution is 6.04. The zero-order valence-electron chi connectivity index (χ0n) is 6.66. The van der Waals surface area contributed by atoms with Crippen LogP contribution in [0.1, 0.15) is 10.4 Å². The van der Waals surface area contributed by atoms with E-state index in [2.05, 4.69) is 0 Å². The maximum absolute atomic E-state index is 11.2. The van der Waals surface area contributed by atoms with E-state index in [1.165, 1.54) is 0 Å². The molecule has 1 aromatic rings. The van der Waals surface area contributed by atoms with E-state index in [9.17, 15) is 4.79 Å². The maximum Gasteiger partial charge on any atom is 0.207 e. The van der Waals surface area contributed by atoms with Crippen LogP contribution >= 0.6 is 0 Å². The summed E-state index contributed by atoms with van der Waals surface area (Å²) in [6, 6.07) is 5.32. The molecule has 0 fully saturated rings. The van der Waals surface area contributed by atoms with Crippen LogP contribution < -0.4 is 9.47 Å². The zero-order chi connectivity index (χ0) is 8.55.